The molecule has 1 saturated heterocycles. The fraction of sp³-hybridized carbons (Fsp3) is 0.467. The van der Waals surface area contributed by atoms with Crippen LogP contribution in [0.4, 0.5) is 0 Å². The number of alkyl halides is 1. The van der Waals surface area contributed by atoms with Crippen LogP contribution in [0.15, 0.2) is 18.2 Å². The number of carbonyl (C=O) groups is 2. The Balaban J connectivity index is 1.89. The van der Waals surface area contributed by atoms with E-state index in [1.54, 1.807) is 23.1 Å². The standard InChI is InChI=1S/C15H17Cl3N2O2/c16-6-3-14(21)19-11-4-7-20(8-5-11)15(22)10-1-2-12(17)13(18)9-10/h1-2,9,11H,3-8H2,(H,19,21). The van der Waals surface area contributed by atoms with E-state index >= 15 is 0 Å². The second-order valence-electron chi connectivity index (χ2n) is 5.20. The maximum absolute atomic E-state index is 12.4. The molecule has 0 aliphatic carbocycles. The van der Waals surface area contributed by atoms with E-state index in [0.29, 0.717) is 41.0 Å². The van der Waals surface area contributed by atoms with Crippen LogP contribution in [0.25, 0.3) is 0 Å². The van der Waals surface area contributed by atoms with E-state index in [-0.39, 0.29) is 17.9 Å². The molecule has 1 aromatic rings. The molecule has 0 unspecified atom stereocenters. The van der Waals surface area contributed by atoms with E-state index in [1.165, 1.54) is 0 Å². The Labute approximate surface area is 144 Å². The van der Waals surface area contributed by atoms with Gasteiger partial charge in [0, 0.05) is 37.0 Å². The van der Waals surface area contributed by atoms with E-state index in [1.807, 2.05) is 0 Å². The summed E-state index contributed by atoms with van der Waals surface area (Å²) < 4.78 is 0. The van der Waals surface area contributed by atoms with Gasteiger partial charge < -0.3 is 10.2 Å². The number of benzene rings is 1. The van der Waals surface area contributed by atoms with Crippen LogP contribution in [0, 0.1) is 0 Å². The fourth-order valence-electron chi connectivity index (χ4n) is 2.42. The summed E-state index contributed by atoms with van der Waals surface area (Å²) in [5.74, 6) is 0.217. The number of hydrogen-bond acceptors (Lipinski definition) is 2. The van der Waals surface area contributed by atoms with Gasteiger partial charge >= 0.3 is 0 Å². The highest BCUT2D eigenvalue weighted by molar-refractivity contribution is 6.42. The van der Waals surface area contributed by atoms with Crippen molar-refractivity contribution in [2.75, 3.05) is 19.0 Å². The molecule has 120 valence electrons. The van der Waals surface area contributed by atoms with Gasteiger partial charge in [-0.25, -0.2) is 0 Å². The van der Waals surface area contributed by atoms with Gasteiger partial charge in [0.1, 0.15) is 0 Å². The molecule has 2 amide bonds. The van der Waals surface area contributed by atoms with Crippen LogP contribution in [0.5, 0.6) is 0 Å². The molecule has 1 aliphatic heterocycles. The van der Waals surface area contributed by atoms with Gasteiger partial charge in [0.05, 0.1) is 10.0 Å². The lowest BCUT2D eigenvalue weighted by molar-refractivity contribution is -0.121. The van der Waals surface area contributed by atoms with Crippen molar-refractivity contribution in [3.63, 3.8) is 0 Å². The summed E-state index contributed by atoms with van der Waals surface area (Å²) in [4.78, 5) is 25.7. The molecule has 1 aromatic carbocycles. The predicted octanol–water partition coefficient (Wildman–Crippen LogP) is 3.34. The molecule has 4 nitrogen and oxygen atoms in total. The minimum atomic E-state index is -0.0656. The minimum absolute atomic E-state index is 0.0377. The van der Waals surface area contributed by atoms with Crippen LogP contribution in [-0.4, -0.2) is 41.7 Å². The monoisotopic (exact) mass is 362 g/mol. The van der Waals surface area contributed by atoms with Crippen molar-refractivity contribution in [1.29, 1.82) is 0 Å². The first-order valence-electron chi connectivity index (χ1n) is 7.11. The van der Waals surface area contributed by atoms with Crippen molar-refractivity contribution in [3.8, 4) is 0 Å². The molecule has 1 N–H and O–H groups in total. The first kappa shape index (κ1) is 17.4. The number of hydrogen-bond donors (Lipinski definition) is 1. The summed E-state index contributed by atoms with van der Waals surface area (Å²) in [6.45, 7) is 1.20. The molecule has 0 radical (unpaired) electrons. The number of halogens is 3. The molecular weight excluding hydrogens is 347 g/mol. The first-order valence-corrected chi connectivity index (χ1v) is 8.40. The lowest BCUT2D eigenvalue weighted by Crippen LogP contribution is -2.46. The average Bonchev–Trinajstić information content (AvgIpc) is 2.50. The van der Waals surface area contributed by atoms with E-state index < -0.39 is 0 Å². The SMILES string of the molecule is O=C(CCCl)NC1CCN(C(=O)c2ccc(Cl)c(Cl)c2)CC1. The summed E-state index contributed by atoms with van der Waals surface area (Å²) in [7, 11) is 0. The van der Waals surface area contributed by atoms with Crippen molar-refractivity contribution in [3.05, 3.63) is 33.8 Å². The van der Waals surface area contributed by atoms with Gasteiger partial charge in [-0.1, -0.05) is 23.2 Å². The molecule has 1 heterocycles. The molecule has 0 atom stereocenters. The largest absolute Gasteiger partial charge is 0.353 e. The number of carbonyl (C=O) groups excluding carboxylic acids is 2. The number of likely N-dealkylation sites (tertiary alicyclic amines) is 1. The lowest BCUT2D eigenvalue weighted by atomic mass is 10.0. The van der Waals surface area contributed by atoms with E-state index in [4.69, 9.17) is 34.8 Å². The zero-order chi connectivity index (χ0) is 16.1. The van der Waals surface area contributed by atoms with Crippen molar-refractivity contribution >= 4 is 46.6 Å². The Morgan fingerprint density at radius 1 is 1.18 bits per heavy atom. The maximum Gasteiger partial charge on any atom is 0.253 e. The molecule has 22 heavy (non-hydrogen) atoms. The van der Waals surface area contributed by atoms with Crippen LogP contribution in [-0.2, 0) is 4.79 Å². The number of nitrogens with one attached hydrogen (secondary N) is 1. The molecule has 1 fully saturated rings. The van der Waals surface area contributed by atoms with E-state index in [9.17, 15) is 9.59 Å². The van der Waals surface area contributed by atoms with Crippen LogP contribution in [0.1, 0.15) is 29.6 Å². The highest BCUT2D eigenvalue weighted by atomic mass is 35.5. The Hall–Kier alpha value is -0.970. The van der Waals surface area contributed by atoms with Crippen molar-refractivity contribution < 1.29 is 9.59 Å². The number of piperidine rings is 1. The summed E-state index contributed by atoms with van der Waals surface area (Å²) in [6.07, 6.45) is 1.80. The van der Waals surface area contributed by atoms with E-state index in [2.05, 4.69) is 5.32 Å². The second kappa shape index (κ2) is 8.04. The lowest BCUT2D eigenvalue weighted by Gasteiger charge is -2.32. The summed E-state index contributed by atoms with van der Waals surface area (Å²) in [6, 6.07) is 4.98. The highest BCUT2D eigenvalue weighted by Crippen LogP contribution is 2.24. The number of amides is 2. The van der Waals surface area contributed by atoms with Gasteiger partial charge in [0.15, 0.2) is 0 Å². The first-order chi connectivity index (χ1) is 10.5. The average molecular weight is 364 g/mol. The smallest absolute Gasteiger partial charge is 0.253 e. The predicted molar refractivity (Wildman–Crippen MR) is 88.9 cm³/mol. The van der Waals surface area contributed by atoms with Crippen LogP contribution in [0.3, 0.4) is 0 Å². The normalized spacial score (nSPS) is 15.7. The van der Waals surface area contributed by atoms with E-state index in [0.717, 1.165) is 12.8 Å². The van der Waals surface area contributed by atoms with Gasteiger partial charge in [0.2, 0.25) is 5.91 Å². The van der Waals surface area contributed by atoms with Crippen LogP contribution >= 0.6 is 34.8 Å². The van der Waals surface area contributed by atoms with Crippen molar-refractivity contribution in [1.82, 2.24) is 10.2 Å². The molecule has 0 bridgehead atoms. The maximum atomic E-state index is 12.4. The minimum Gasteiger partial charge on any atom is -0.353 e. The van der Waals surface area contributed by atoms with Gasteiger partial charge in [-0.3, -0.25) is 9.59 Å². The summed E-state index contributed by atoms with van der Waals surface area (Å²) in [5.41, 5.74) is 0.527. The molecular formula is C15H17Cl3N2O2. The molecule has 7 heteroatoms. The zero-order valence-corrected chi connectivity index (χ0v) is 14.2. The fourth-order valence-corrected chi connectivity index (χ4v) is 2.89. The molecule has 1 aliphatic rings. The third-order valence-corrected chi connectivity index (χ3v) is 4.56. The Morgan fingerprint density at radius 3 is 2.45 bits per heavy atom. The third-order valence-electron chi connectivity index (χ3n) is 3.64. The van der Waals surface area contributed by atoms with Crippen molar-refractivity contribution in [2.24, 2.45) is 0 Å². The Kier molecular flexibility index (Phi) is 6.36. The quantitative estimate of drug-likeness (QED) is 0.834. The van der Waals surface area contributed by atoms with Gasteiger partial charge in [-0.2, -0.15) is 0 Å². The number of rotatable bonds is 4. The number of nitrogens with zero attached hydrogens (tertiary/aromatic N) is 1. The third kappa shape index (κ3) is 4.51. The topological polar surface area (TPSA) is 49.4 Å². The Morgan fingerprint density at radius 2 is 1.86 bits per heavy atom. The van der Waals surface area contributed by atoms with Crippen LogP contribution in [0.2, 0.25) is 10.0 Å². The second-order valence-corrected chi connectivity index (χ2v) is 6.39. The van der Waals surface area contributed by atoms with Crippen LogP contribution < -0.4 is 5.32 Å². The highest BCUT2D eigenvalue weighted by Gasteiger charge is 2.24. The van der Waals surface area contributed by atoms with Gasteiger partial charge in [-0.15, -0.1) is 11.6 Å². The molecule has 0 saturated carbocycles. The van der Waals surface area contributed by atoms with Gasteiger partial charge in [0.25, 0.3) is 5.91 Å². The Bertz CT molecular complexity index is 558. The zero-order valence-electron chi connectivity index (χ0n) is 11.9. The molecule has 0 spiro atoms. The molecule has 2 rings (SSSR count). The molecule has 0 aromatic heterocycles. The summed E-state index contributed by atoms with van der Waals surface area (Å²) >= 11 is 17.3. The van der Waals surface area contributed by atoms with Gasteiger partial charge in [-0.05, 0) is 31.0 Å². The van der Waals surface area contributed by atoms with Crippen molar-refractivity contribution in [2.45, 2.75) is 25.3 Å². The summed E-state index contributed by atoms with van der Waals surface area (Å²) in [5, 5.41) is 3.74.